The topological polar surface area (TPSA) is 78.5 Å². The normalized spacial score (nSPS) is 18.2. The lowest BCUT2D eigenvalue weighted by molar-refractivity contribution is -0.133. The van der Waals surface area contributed by atoms with Crippen LogP contribution in [0.25, 0.3) is 0 Å². The molecule has 1 aliphatic carbocycles. The first-order valence-electron chi connectivity index (χ1n) is 14.0. The number of hydrogen-bond donors (Lipinski definition) is 2. The molecule has 0 unspecified atom stereocenters. The second kappa shape index (κ2) is 13.4. The molecule has 2 amide bonds. The van der Waals surface area contributed by atoms with E-state index in [0.29, 0.717) is 37.3 Å². The number of carbonyl (C=O) groups is 3. The fourth-order valence-electron chi connectivity index (χ4n) is 5.40. The number of carbonyl (C=O) groups excluding carboxylic acids is 3. The average molecular weight is 536 g/mol. The van der Waals surface area contributed by atoms with E-state index in [1.54, 1.807) is 12.1 Å². The Bertz CT molecular complexity index is 1100. The van der Waals surface area contributed by atoms with Crippen LogP contribution in [0, 0.1) is 5.92 Å². The molecule has 7 heteroatoms. The molecular weight excluding hydrogens is 494 g/mol. The summed E-state index contributed by atoms with van der Waals surface area (Å²) in [7, 11) is 0. The number of ketones is 1. The molecule has 0 bridgehead atoms. The van der Waals surface area contributed by atoms with Crippen molar-refractivity contribution in [1.29, 1.82) is 0 Å². The summed E-state index contributed by atoms with van der Waals surface area (Å²) in [6, 6.07) is 16.8. The maximum absolute atomic E-state index is 13.9. The molecule has 2 aromatic carbocycles. The van der Waals surface area contributed by atoms with Crippen molar-refractivity contribution in [2.24, 2.45) is 5.92 Å². The van der Waals surface area contributed by atoms with Crippen molar-refractivity contribution < 1.29 is 14.4 Å². The zero-order valence-corrected chi connectivity index (χ0v) is 23.5. The van der Waals surface area contributed by atoms with Crippen LogP contribution in [-0.2, 0) is 16.1 Å². The summed E-state index contributed by atoms with van der Waals surface area (Å²) in [6.07, 6.45) is 5.41. The zero-order valence-electron chi connectivity index (χ0n) is 22.7. The second-order valence-electron chi connectivity index (χ2n) is 11.1. The lowest BCUT2D eigenvalue weighted by Gasteiger charge is -2.38. The molecule has 38 heavy (non-hydrogen) atoms. The molecule has 0 aromatic heterocycles. The van der Waals surface area contributed by atoms with Crippen LogP contribution in [0.1, 0.15) is 74.7 Å². The minimum absolute atomic E-state index is 0.0451. The van der Waals surface area contributed by atoms with Crippen molar-refractivity contribution in [3.05, 3.63) is 65.7 Å². The molecule has 1 aliphatic heterocycles. The van der Waals surface area contributed by atoms with Gasteiger partial charge >= 0.3 is 0 Å². The summed E-state index contributed by atoms with van der Waals surface area (Å²) in [6.45, 7) is 6.13. The van der Waals surface area contributed by atoms with Crippen molar-refractivity contribution >= 4 is 29.4 Å². The second-order valence-corrected chi connectivity index (χ2v) is 12.2. The minimum atomic E-state index is -0.986. The molecule has 0 radical (unpaired) electrons. The van der Waals surface area contributed by atoms with E-state index >= 15 is 0 Å². The fraction of sp³-hybridized carbons (Fsp3) is 0.516. The Morgan fingerprint density at radius 1 is 0.947 bits per heavy atom. The summed E-state index contributed by atoms with van der Waals surface area (Å²) in [5.41, 5.74) is 0.798. The maximum atomic E-state index is 13.9. The molecule has 1 heterocycles. The van der Waals surface area contributed by atoms with E-state index in [1.165, 1.54) is 10.5 Å². The number of benzene rings is 2. The van der Waals surface area contributed by atoms with Crippen molar-refractivity contribution in [2.75, 3.05) is 18.8 Å². The first kappa shape index (κ1) is 28.4. The largest absolute Gasteiger partial charge is 0.344 e. The van der Waals surface area contributed by atoms with E-state index in [1.807, 2.05) is 36.0 Å². The molecular formula is C31H41N3O3S. The SMILES string of the molecule is CC(C)CC[C@H](NC(=O)C1(NC(=O)c2ccccc2)CCCCC1)C(=O)CN1CCSc2ccccc2C1. The molecule has 0 saturated heterocycles. The van der Waals surface area contributed by atoms with E-state index in [-0.39, 0.29) is 17.6 Å². The van der Waals surface area contributed by atoms with Gasteiger partial charge in [0.05, 0.1) is 12.6 Å². The molecule has 2 aromatic rings. The third-order valence-corrected chi connectivity index (χ3v) is 8.76. The molecule has 1 fully saturated rings. The molecule has 4 rings (SSSR count). The Balaban J connectivity index is 1.48. The van der Waals surface area contributed by atoms with Crippen LogP contribution in [0.4, 0.5) is 0 Å². The highest BCUT2D eigenvalue weighted by atomic mass is 32.2. The van der Waals surface area contributed by atoms with Gasteiger partial charge in [-0.05, 0) is 55.4 Å². The number of nitrogens with one attached hydrogen (secondary N) is 2. The fourth-order valence-corrected chi connectivity index (χ4v) is 6.46. The first-order chi connectivity index (χ1) is 18.4. The Morgan fingerprint density at radius 2 is 1.66 bits per heavy atom. The van der Waals surface area contributed by atoms with E-state index in [2.05, 4.69) is 47.6 Å². The predicted molar refractivity (Wildman–Crippen MR) is 153 cm³/mol. The van der Waals surface area contributed by atoms with Gasteiger partial charge in [0, 0.05) is 29.3 Å². The maximum Gasteiger partial charge on any atom is 0.252 e. The van der Waals surface area contributed by atoms with Gasteiger partial charge in [0.1, 0.15) is 5.54 Å². The molecule has 1 saturated carbocycles. The van der Waals surface area contributed by atoms with E-state index < -0.39 is 11.6 Å². The van der Waals surface area contributed by atoms with Gasteiger partial charge in [-0.3, -0.25) is 19.3 Å². The van der Waals surface area contributed by atoms with Gasteiger partial charge in [-0.15, -0.1) is 11.8 Å². The van der Waals surface area contributed by atoms with E-state index in [0.717, 1.165) is 44.5 Å². The number of amides is 2. The molecule has 1 atom stereocenters. The van der Waals surface area contributed by atoms with Crippen LogP contribution in [0.15, 0.2) is 59.5 Å². The van der Waals surface area contributed by atoms with Crippen LogP contribution in [-0.4, -0.2) is 52.9 Å². The number of Topliss-reactive ketones (excluding diaryl/α,β-unsaturated/α-hetero) is 1. The number of fused-ring (bicyclic) bond motifs is 1. The van der Waals surface area contributed by atoms with Gasteiger partial charge in [-0.1, -0.05) is 69.5 Å². The van der Waals surface area contributed by atoms with Crippen LogP contribution in [0.5, 0.6) is 0 Å². The van der Waals surface area contributed by atoms with Crippen molar-refractivity contribution in [1.82, 2.24) is 15.5 Å². The standard InChI is InChI=1S/C31H41N3O3S/c1-23(2)15-16-26(27(35)22-34-19-20-38-28-14-8-7-13-25(28)21-34)32-30(37)31(17-9-4-10-18-31)33-29(36)24-11-5-3-6-12-24/h3,5-8,11-14,23,26H,4,9-10,15-22H2,1-2H3,(H,32,37)(H,33,36)/t26-/m0/s1. The molecule has 204 valence electrons. The smallest absolute Gasteiger partial charge is 0.252 e. The summed E-state index contributed by atoms with van der Waals surface area (Å²) in [5, 5.41) is 6.21. The van der Waals surface area contributed by atoms with Gasteiger partial charge in [0.15, 0.2) is 5.78 Å². The highest BCUT2D eigenvalue weighted by molar-refractivity contribution is 7.99. The van der Waals surface area contributed by atoms with Crippen LogP contribution in [0.3, 0.4) is 0 Å². The molecule has 2 aliphatic rings. The quantitative estimate of drug-likeness (QED) is 0.436. The van der Waals surface area contributed by atoms with E-state index in [4.69, 9.17) is 0 Å². The summed E-state index contributed by atoms with van der Waals surface area (Å²) >= 11 is 1.83. The Morgan fingerprint density at radius 3 is 2.39 bits per heavy atom. The lowest BCUT2D eigenvalue weighted by Crippen LogP contribution is -2.62. The average Bonchev–Trinajstić information content (AvgIpc) is 3.13. The van der Waals surface area contributed by atoms with Crippen LogP contribution in [0.2, 0.25) is 0 Å². The van der Waals surface area contributed by atoms with Crippen LogP contribution >= 0.6 is 11.8 Å². The lowest BCUT2D eigenvalue weighted by atomic mass is 9.80. The van der Waals surface area contributed by atoms with Gasteiger partial charge in [-0.2, -0.15) is 0 Å². The zero-order chi connectivity index (χ0) is 27.0. The number of rotatable bonds is 10. The molecule has 0 spiro atoms. The third kappa shape index (κ3) is 7.48. The van der Waals surface area contributed by atoms with Crippen molar-refractivity contribution in [3.63, 3.8) is 0 Å². The number of nitrogens with zero attached hydrogens (tertiary/aromatic N) is 1. The van der Waals surface area contributed by atoms with Crippen LogP contribution < -0.4 is 10.6 Å². The van der Waals surface area contributed by atoms with Gasteiger partial charge in [0.25, 0.3) is 5.91 Å². The highest BCUT2D eigenvalue weighted by Crippen LogP contribution is 2.30. The summed E-state index contributed by atoms with van der Waals surface area (Å²) in [4.78, 5) is 44.1. The first-order valence-corrected chi connectivity index (χ1v) is 15.0. The van der Waals surface area contributed by atoms with Crippen molar-refractivity contribution in [2.45, 2.75) is 81.8 Å². The Hall–Kier alpha value is -2.64. The molecule has 6 nitrogen and oxygen atoms in total. The van der Waals surface area contributed by atoms with Gasteiger partial charge in [0.2, 0.25) is 5.91 Å². The summed E-state index contributed by atoms with van der Waals surface area (Å²) in [5.74, 6) is 0.935. The van der Waals surface area contributed by atoms with E-state index in [9.17, 15) is 14.4 Å². The minimum Gasteiger partial charge on any atom is -0.344 e. The predicted octanol–water partition coefficient (Wildman–Crippen LogP) is 5.22. The number of hydrogen-bond acceptors (Lipinski definition) is 5. The van der Waals surface area contributed by atoms with Gasteiger partial charge in [-0.25, -0.2) is 0 Å². The van der Waals surface area contributed by atoms with Crippen molar-refractivity contribution in [3.8, 4) is 0 Å². The number of thioether (sulfide) groups is 1. The highest BCUT2D eigenvalue weighted by Gasteiger charge is 2.42. The summed E-state index contributed by atoms with van der Waals surface area (Å²) < 4.78 is 0. The molecule has 2 N–H and O–H groups in total. The third-order valence-electron chi connectivity index (χ3n) is 7.67. The Kier molecular flexibility index (Phi) is 10.0. The monoisotopic (exact) mass is 535 g/mol. The Labute approximate surface area is 231 Å². The van der Waals surface area contributed by atoms with Gasteiger partial charge < -0.3 is 10.6 Å².